The number of hydrogen-bond acceptors (Lipinski definition) is 4. The summed E-state index contributed by atoms with van der Waals surface area (Å²) in [5.74, 6) is 4.26. The summed E-state index contributed by atoms with van der Waals surface area (Å²) >= 11 is 0. The molecule has 2 aliphatic heterocycles. The molecule has 1 aromatic carbocycles. The maximum Gasteiger partial charge on any atom is 0.231 e. The first-order valence-corrected chi connectivity index (χ1v) is 9.38. The Morgan fingerprint density at radius 2 is 1.72 bits per heavy atom. The molecule has 7 atom stereocenters. The smallest absolute Gasteiger partial charge is 0.231 e. The minimum Gasteiger partial charge on any atom is -0.454 e. The van der Waals surface area contributed by atoms with Crippen LogP contribution in [0.2, 0.25) is 0 Å². The summed E-state index contributed by atoms with van der Waals surface area (Å²) in [4.78, 5) is 0. The molecule has 2 aliphatic carbocycles. The first kappa shape index (κ1) is 15.7. The Kier molecular flexibility index (Phi) is 3.29. The first-order chi connectivity index (χ1) is 11.9. The van der Waals surface area contributed by atoms with Crippen molar-refractivity contribution in [2.75, 3.05) is 6.79 Å². The summed E-state index contributed by atoms with van der Waals surface area (Å²) in [5.41, 5.74) is 1.16. The van der Waals surface area contributed by atoms with E-state index in [-0.39, 0.29) is 12.2 Å². The van der Waals surface area contributed by atoms with Gasteiger partial charge in [0.05, 0.1) is 12.2 Å². The van der Waals surface area contributed by atoms with Gasteiger partial charge in [-0.05, 0) is 61.1 Å². The third-order valence-corrected chi connectivity index (χ3v) is 6.54. The van der Waals surface area contributed by atoms with Gasteiger partial charge in [-0.3, -0.25) is 0 Å². The van der Waals surface area contributed by atoms with E-state index in [9.17, 15) is 0 Å². The highest BCUT2D eigenvalue weighted by atomic mass is 16.8. The predicted octanol–water partition coefficient (Wildman–Crippen LogP) is 4.10. The van der Waals surface area contributed by atoms with Crippen LogP contribution in [0.25, 0.3) is 6.08 Å². The summed E-state index contributed by atoms with van der Waals surface area (Å²) in [5, 5.41) is 0. The van der Waals surface area contributed by atoms with E-state index in [0.717, 1.165) is 17.1 Å². The van der Waals surface area contributed by atoms with Gasteiger partial charge in [-0.1, -0.05) is 32.1 Å². The zero-order valence-corrected chi connectivity index (χ0v) is 15.3. The van der Waals surface area contributed by atoms with Crippen molar-refractivity contribution in [3.05, 3.63) is 29.8 Å². The van der Waals surface area contributed by atoms with Gasteiger partial charge in [0.15, 0.2) is 17.3 Å². The van der Waals surface area contributed by atoms with Gasteiger partial charge in [-0.25, -0.2) is 0 Å². The first-order valence-electron chi connectivity index (χ1n) is 9.38. The standard InChI is InChI=1S/C21H26O4/c1-11-14(7-5-13-6-8-15-16(9-13)23-10-22-15)17-12(2)18(17)20-19(11)24-21(3,4)25-20/h5-9,11-12,14,17-20H,10H2,1-4H3. The summed E-state index contributed by atoms with van der Waals surface area (Å²) in [6, 6.07) is 6.13. The fourth-order valence-corrected chi connectivity index (χ4v) is 5.28. The van der Waals surface area contributed by atoms with Crippen LogP contribution in [0.4, 0.5) is 0 Å². The quantitative estimate of drug-likeness (QED) is 0.811. The van der Waals surface area contributed by atoms with Crippen LogP contribution in [-0.4, -0.2) is 24.8 Å². The number of benzene rings is 1. The minimum atomic E-state index is -0.452. The van der Waals surface area contributed by atoms with Crippen molar-refractivity contribution in [3.63, 3.8) is 0 Å². The lowest BCUT2D eigenvalue weighted by Crippen LogP contribution is -2.40. The lowest BCUT2D eigenvalue weighted by atomic mass is 9.76. The highest BCUT2D eigenvalue weighted by Crippen LogP contribution is 2.63. The molecule has 134 valence electrons. The van der Waals surface area contributed by atoms with Crippen LogP contribution in [0.1, 0.15) is 33.3 Å². The Bertz CT molecular complexity index is 725. The van der Waals surface area contributed by atoms with E-state index in [1.165, 1.54) is 0 Å². The largest absolute Gasteiger partial charge is 0.454 e. The Morgan fingerprint density at radius 1 is 0.960 bits per heavy atom. The molecule has 1 saturated heterocycles. The van der Waals surface area contributed by atoms with Gasteiger partial charge in [0.2, 0.25) is 6.79 Å². The SMILES string of the molecule is CC1C(C=Cc2ccc3c(c2)OCO3)C2C(C)C2C2OC(C)(C)OC12. The highest BCUT2D eigenvalue weighted by Gasteiger charge is 2.66. The lowest BCUT2D eigenvalue weighted by Gasteiger charge is -2.34. The summed E-state index contributed by atoms with van der Waals surface area (Å²) in [6.45, 7) is 9.08. The zero-order chi connectivity index (χ0) is 17.3. The van der Waals surface area contributed by atoms with E-state index >= 15 is 0 Å². The Labute approximate surface area is 149 Å². The molecule has 4 heteroatoms. The molecule has 0 bridgehead atoms. The third kappa shape index (κ3) is 2.42. The van der Waals surface area contributed by atoms with E-state index in [1.54, 1.807) is 0 Å². The van der Waals surface area contributed by atoms with Crippen molar-refractivity contribution in [2.24, 2.45) is 29.6 Å². The van der Waals surface area contributed by atoms with Crippen LogP contribution < -0.4 is 9.47 Å². The van der Waals surface area contributed by atoms with Crippen molar-refractivity contribution >= 4 is 6.08 Å². The third-order valence-electron chi connectivity index (χ3n) is 6.54. The summed E-state index contributed by atoms with van der Waals surface area (Å²) in [6.07, 6.45) is 5.08. The molecular formula is C21H26O4. The molecule has 7 unspecified atom stereocenters. The molecule has 5 rings (SSSR count). The van der Waals surface area contributed by atoms with Crippen LogP contribution in [0, 0.1) is 29.6 Å². The number of fused-ring (bicyclic) bond motifs is 4. The number of hydrogen-bond donors (Lipinski definition) is 0. The van der Waals surface area contributed by atoms with Gasteiger partial charge in [0.1, 0.15) is 0 Å². The van der Waals surface area contributed by atoms with Crippen molar-refractivity contribution in [3.8, 4) is 11.5 Å². The van der Waals surface area contributed by atoms with E-state index in [4.69, 9.17) is 18.9 Å². The van der Waals surface area contributed by atoms with Gasteiger partial charge in [-0.2, -0.15) is 0 Å². The monoisotopic (exact) mass is 342 g/mol. The molecule has 1 aromatic rings. The highest BCUT2D eigenvalue weighted by molar-refractivity contribution is 5.57. The van der Waals surface area contributed by atoms with Crippen molar-refractivity contribution in [2.45, 2.75) is 45.7 Å². The predicted molar refractivity (Wildman–Crippen MR) is 94.2 cm³/mol. The Morgan fingerprint density at radius 3 is 2.56 bits per heavy atom. The van der Waals surface area contributed by atoms with Gasteiger partial charge in [0, 0.05) is 0 Å². The molecule has 2 saturated carbocycles. The van der Waals surface area contributed by atoms with Crippen molar-refractivity contribution in [1.29, 1.82) is 0 Å². The van der Waals surface area contributed by atoms with Gasteiger partial charge >= 0.3 is 0 Å². The molecule has 4 aliphatic rings. The average molecular weight is 342 g/mol. The second-order valence-corrected chi connectivity index (χ2v) is 8.49. The van der Waals surface area contributed by atoms with Crippen LogP contribution in [0.15, 0.2) is 24.3 Å². The fourth-order valence-electron chi connectivity index (χ4n) is 5.28. The molecule has 0 N–H and O–H groups in total. The lowest BCUT2D eigenvalue weighted by molar-refractivity contribution is -0.150. The molecule has 0 amide bonds. The molecule has 25 heavy (non-hydrogen) atoms. The number of rotatable bonds is 2. The molecule has 0 radical (unpaired) electrons. The van der Waals surface area contributed by atoms with Crippen LogP contribution >= 0.6 is 0 Å². The molecule has 4 nitrogen and oxygen atoms in total. The Balaban J connectivity index is 1.39. The summed E-state index contributed by atoms with van der Waals surface area (Å²) < 4.78 is 23.4. The maximum absolute atomic E-state index is 6.26. The van der Waals surface area contributed by atoms with Gasteiger partial charge in [-0.15, -0.1) is 0 Å². The molecule has 2 heterocycles. The molecule has 3 fully saturated rings. The number of allylic oxidation sites excluding steroid dienone is 1. The second-order valence-electron chi connectivity index (χ2n) is 8.49. The van der Waals surface area contributed by atoms with Crippen molar-refractivity contribution < 1.29 is 18.9 Å². The maximum atomic E-state index is 6.26. The van der Waals surface area contributed by atoms with E-state index in [0.29, 0.717) is 36.4 Å². The molecular weight excluding hydrogens is 316 g/mol. The van der Waals surface area contributed by atoms with Gasteiger partial charge in [0.25, 0.3) is 0 Å². The van der Waals surface area contributed by atoms with Crippen LogP contribution in [0.5, 0.6) is 11.5 Å². The van der Waals surface area contributed by atoms with Crippen LogP contribution in [-0.2, 0) is 9.47 Å². The van der Waals surface area contributed by atoms with Gasteiger partial charge < -0.3 is 18.9 Å². The Hall–Kier alpha value is -1.52. The number of ether oxygens (including phenoxy) is 4. The fraction of sp³-hybridized carbons (Fsp3) is 0.619. The minimum absolute atomic E-state index is 0.201. The van der Waals surface area contributed by atoms with E-state index < -0.39 is 5.79 Å². The molecule has 0 aromatic heterocycles. The van der Waals surface area contributed by atoms with Crippen molar-refractivity contribution in [1.82, 2.24) is 0 Å². The van der Waals surface area contributed by atoms with E-state index in [2.05, 4.69) is 38.1 Å². The average Bonchev–Trinajstić information content (AvgIpc) is 2.94. The topological polar surface area (TPSA) is 36.9 Å². The summed E-state index contributed by atoms with van der Waals surface area (Å²) in [7, 11) is 0. The van der Waals surface area contributed by atoms with E-state index in [1.807, 2.05) is 19.9 Å². The van der Waals surface area contributed by atoms with Crippen LogP contribution in [0.3, 0.4) is 0 Å². The normalized spacial score (nSPS) is 43.1. The second kappa shape index (κ2) is 5.24. The molecule has 0 spiro atoms. The zero-order valence-electron chi connectivity index (χ0n) is 15.3.